The highest BCUT2D eigenvalue weighted by Crippen LogP contribution is 2.19. The summed E-state index contributed by atoms with van der Waals surface area (Å²) in [6.45, 7) is 6.62. The van der Waals surface area contributed by atoms with E-state index in [2.05, 4.69) is 63.3 Å². The van der Waals surface area contributed by atoms with Crippen molar-refractivity contribution in [2.75, 3.05) is 0 Å². The molecule has 0 spiro atoms. The van der Waals surface area contributed by atoms with Crippen LogP contribution < -0.4 is 0 Å². The Bertz CT molecular complexity index is 396. The molecule has 0 saturated heterocycles. The Labute approximate surface area is 112 Å². The van der Waals surface area contributed by atoms with E-state index >= 15 is 0 Å². The molecule has 0 amide bonds. The maximum atomic E-state index is 2.29. The van der Waals surface area contributed by atoms with Crippen molar-refractivity contribution in [3.63, 3.8) is 0 Å². The van der Waals surface area contributed by atoms with Crippen molar-refractivity contribution in [3.8, 4) is 0 Å². The fraction of sp³-hybridized carbons (Fsp3) is 0.444. The van der Waals surface area contributed by atoms with Gasteiger partial charge in [0, 0.05) is 0 Å². The van der Waals surface area contributed by atoms with Crippen LogP contribution in [-0.4, -0.2) is 0 Å². The van der Waals surface area contributed by atoms with Gasteiger partial charge in [0.05, 0.1) is 0 Å². The standard InChI is InChI=1S/C18H26/c1-4-6-7-8-9-10-13-17(5-2)18-14-11-12-16(3)15-18/h9-15H,4-8H2,1-3H3/b10-9-,17-13+. The van der Waals surface area contributed by atoms with Gasteiger partial charge in [-0.3, -0.25) is 0 Å². The number of allylic oxidation sites excluding steroid dienone is 4. The van der Waals surface area contributed by atoms with Crippen LogP contribution in [0.4, 0.5) is 0 Å². The van der Waals surface area contributed by atoms with E-state index < -0.39 is 0 Å². The topological polar surface area (TPSA) is 0 Å². The van der Waals surface area contributed by atoms with E-state index in [4.69, 9.17) is 0 Å². The third kappa shape index (κ3) is 5.35. The van der Waals surface area contributed by atoms with Gasteiger partial charge in [0.15, 0.2) is 0 Å². The lowest BCUT2D eigenvalue weighted by Crippen LogP contribution is -1.83. The van der Waals surface area contributed by atoms with Crippen molar-refractivity contribution in [1.29, 1.82) is 0 Å². The first-order chi connectivity index (χ1) is 8.77. The largest absolute Gasteiger partial charge is 0.0845 e. The number of benzene rings is 1. The molecule has 0 N–H and O–H groups in total. The van der Waals surface area contributed by atoms with Crippen LogP contribution >= 0.6 is 0 Å². The summed E-state index contributed by atoms with van der Waals surface area (Å²) in [5, 5.41) is 0. The fourth-order valence-electron chi connectivity index (χ4n) is 2.06. The van der Waals surface area contributed by atoms with Crippen LogP contribution in [0.15, 0.2) is 42.5 Å². The van der Waals surface area contributed by atoms with Gasteiger partial charge in [-0.15, -0.1) is 0 Å². The lowest BCUT2D eigenvalue weighted by molar-refractivity contribution is 0.729. The van der Waals surface area contributed by atoms with Gasteiger partial charge in [-0.05, 0) is 37.3 Å². The Hall–Kier alpha value is -1.30. The van der Waals surface area contributed by atoms with Crippen LogP contribution in [-0.2, 0) is 0 Å². The zero-order chi connectivity index (χ0) is 13.2. The fourth-order valence-corrected chi connectivity index (χ4v) is 2.06. The van der Waals surface area contributed by atoms with Crippen molar-refractivity contribution in [2.45, 2.75) is 52.9 Å². The summed E-state index contributed by atoms with van der Waals surface area (Å²) in [6, 6.07) is 8.75. The molecule has 1 aromatic rings. The van der Waals surface area contributed by atoms with E-state index in [-0.39, 0.29) is 0 Å². The van der Waals surface area contributed by atoms with Gasteiger partial charge < -0.3 is 0 Å². The monoisotopic (exact) mass is 242 g/mol. The highest BCUT2D eigenvalue weighted by atomic mass is 14.0. The first-order valence-electron chi connectivity index (χ1n) is 7.20. The molecule has 0 fully saturated rings. The van der Waals surface area contributed by atoms with E-state index in [9.17, 15) is 0 Å². The molecular formula is C18H26. The predicted molar refractivity (Wildman–Crippen MR) is 82.7 cm³/mol. The first-order valence-corrected chi connectivity index (χ1v) is 7.20. The lowest BCUT2D eigenvalue weighted by atomic mass is 10.0. The lowest BCUT2D eigenvalue weighted by Gasteiger charge is -2.04. The molecule has 0 unspecified atom stereocenters. The molecular weight excluding hydrogens is 216 g/mol. The second kappa shape index (κ2) is 8.74. The molecule has 0 bridgehead atoms. The normalized spacial score (nSPS) is 12.3. The van der Waals surface area contributed by atoms with Crippen LogP contribution in [0.3, 0.4) is 0 Å². The molecule has 0 aliphatic heterocycles. The van der Waals surface area contributed by atoms with E-state index in [0.29, 0.717) is 0 Å². The average Bonchev–Trinajstić information content (AvgIpc) is 2.38. The molecule has 0 heterocycles. The Morgan fingerprint density at radius 1 is 1.17 bits per heavy atom. The smallest absolute Gasteiger partial charge is 0.0222 e. The summed E-state index contributed by atoms with van der Waals surface area (Å²) in [4.78, 5) is 0. The third-order valence-corrected chi connectivity index (χ3v) is 3.18. The maximum absolute atomic E-state index is 2.29. The van der Waals surface area contributed by atoms with Crippen LogP contribution in [0.2, 0.25) is 0 Å². The SMILES string of the molecule is CCCCC/C=C\C=C(/CC)c1cccc(C)c1. The molecule has 98 valence electrons. The Morgan fingerprint density at radius 3 is 2.67 bits per heavy atom. The average molecular weight is 242 g/mol. The van der Waals surface area contributed by atoms with E-state index in [1.807, 2.05) is 0 Å². The number of unbranched alkanes of at least 4 members (excludes halogenated alkanes) is 3. The van der Waals surface area contributed by atoms with Crippen molar-refractivity contribution in [2.24, 2.45) is 0 Å². The number of aryl methyl sites for hydroxylation is 1. The molecule has 1 rings (SSSR count). The second-order valence-electron chi connectivity index (χ2n) is 4.84. The summed E-state index contributed by atoms with van der Waals surface area (Å²) in [5.74, 6) is 0. The van der Waals surface area contributed by atoms with Gasteiger partial charge in [0.2, 0.25) is 0 Å². The zero-order valence-electron chi connectivity index (χ0n) is 12.1. The van der Waals surface area contributed by atoms with Gasteiger partial charge >= 0.3 is 0 Å². The van der Waals surface area contributed by atoms with Gasteiger partial charge in [-0.1, -0.05) is 74.7 Å². The predicted octanol–water partition coefficient (Wildman–Crippen LogP) is 5.92. The minimum absolute atomic E-state index is 1.09. The van der Waals surface area contributed by atoms with E-state index in [0.717, 1.165) is 6.42 Å². The van der Waals surface area contributed by atoms with Gasteiger partial charge in [-0.2, -0.15) is 0 Å². The summed E-state index contributed by atoms with van der Waals surface area (Å²) in [6.07, 6.45) is 13.0. The minimum Gasteiger partial charge on any atom is -0.0845 e. The molecule has 18 heavy (non-hydrogen) atoms. The van der Waals surface area contributed by atoms with Gasteiger partial charge in [-0.25, -0.2) is 0 Å². The molecule has 0 nitrogen and oxygen atoms in total. The Kier molecular flexibility index (Phi) is 7.17. The molecule has 0 heteroatoms. The number of rotatable bonds is 7. The van der Waals surface area contributed by atoms with E-state index in [1.54, 1.807) is 0 Å². The van der Waals surface area contributed by atoms with Crippen LogP contribution in [0.5, 0.6) is 0 Å². The molecule has 0 saturated carbocycles. The molecule has 0 atom stereocenters. The highest BCUT2D eigenvalue weighted by Gasteiger charge is 1.97. The Balaban J connectivity index is 2.60. The summed E-state index contributed by atoms with van der Waals surface area (Å²) in [5.41, 5.74) is 4.11. The van der Waals surface area contributed by atoms with Crippen molar-refractivity contribution in [3.05, 3.63) is 53.6 Å². The number of hydrogen-bond acceptors (Lipinski definition) is 0. The van der Waals surface area contributed by atoms with Gasteiger partial charge in [0.1, 0.15) is 0 Å². The maximum Gasteiger partial charge on any atom is -0.0222 e. The highest BCUT2D eigenvalue weighted by molar-refractivity contribution is 5.67. The molecule has 1 aromatic carbocycles. The van der Waals surface area contributed by atoms with Gasteiger partial charge in [0.25, 0.3) is 0 Å². The summed E-state index contributed by atoms with van der Waals surface area (Å²) < 4.78 is 0. The molecule has 0 aliphatic rings. The third-order valence-electron chi connectivity index (χ3n) is 3.18. The van der Waals surface area contributed by atoms with Crippen LogP contribution in [0.25, 0.3) is 5.57 Å². The molecule has 0 aliphatic carbocycles. The van der Waals surface area contributed by atoms with Crippen LogP contribution in [0.1, 0.15) is 57.1 Å². The zero-order valence-corrected chi connectivity index (χ0v) is 12.1. The quantitative estimate of drug-likeness (QED) is 0.411. The first kappa shape index (κ1) is 14.8. The second-order valence-corrected chi connectivity index (χ2v) is 4.84. The molecule has 0 radical (unpaired) electrons. The summed E-state index contributed by atoms with van der Waals surface area (Å²) >= 11 is 0. The Morgan fingerprint density at radius 2 is 2.00 bits per heavy atom. The van der Waals surface area contributed by atoms with Crippen molar-refractivity contribution in [1.82, 2.24) is 0 Å². The minimum atomic E-state index is 1.09. The van der Waals surface area contributed by atoms with Crippen molar-refractivity contribution >= 4 is 5.57 Å². The number of hydrogen-bond donors (Lipinski definition) is 0. The van der Waals surface area contributed by atoms with Crippen molar-refractivity contribution < 1.29 is 0 Å². The summed E-state index contributed by atoms with van der Waals surface area (Å²) in [7, 11) is 0. The van der Waals surface area contributed by atoms with E-state index in [1.165, 1.54) is 42.4 Å². The van der Waals surface area contributed by atoms with Crippen LogP contribution in [0, 0.1) is 6.92 Å². The molecule has 0 aromatic heterocycles.